The fourth-order valence-electron chi connectivity index (χ4n) is 3.83. The first-order valence-corrected chi connectivity index (χ1v) is 10.8. The third-order valence-corrected chi connectivity index (χ3v) is 5.64. The third-order valence-electron chi connectivity index (χ3n) is 5.64. The van der Waals surface area contributed by atoms with E-state index in [2.05, 4.69) is 10.2 Å². The molecule has 34 heavy (non-hydrogen) atoms. The summed E-state index contributed by atoms with van der Waals surface area (Å²) < 4.78 is 25.9. The van der Waals surface area contributed by atoms with Gasteiger partial charge in [0.15, 0.2) is 11.5 Å². The minimum atomic E-state index is -0.532. The van der Waals surface area contributed by atoms with Crippen LogP contribution in [0.15, 0.2) is 64.1 Å². The molecular weight excluding hydrogens is 443 g/mol. The average molecular weight is 468 g/mol. The number of para-hydroxylation sites is 1. The normalized spacial score (nSPS) is 14.1. The van der Waals surface area contributed by atoms with Crippen molar-refractivity contribution < 1.29 is 23.1 Å². The molecule has 1 aliphatic heterocycles. The maximum atomic E-state index is 13.9. The number of carbonyl (C=O) groups excluding carboxylic acids is 2. The van der Waals surface area contributed by atoms with Crippen LogP contribution in [0.25, 0.3) is 0 Å². The fourth-order valence-corrected chi connectivity index (χ4v) is 3.83. The van der Waals surface area contributed by atoms with E-state index in [-0.39, 0.29) is 29.3 Å². The molecule has 178 valence electrons. The first-order valence-electron chi connectivity index (χ1n) is 10.8. The third kappa shape index (κ3) is 5.34. The van der Waals surface area contributed by atoms with Gasteiger partial charge in [-0.1, -0.05) is 12.1 Å². The van der Waals surface area contributed by atoms with E-state index in [1.807, 2.05) is 0 Å². The Labute approximate surface area is 195 Å². The molecule has 9 nitrogen and oxygen atoms in total. The van der Waals surface area contributed by atoms with Crippen LogP contribution in [-0.4, -0.2) is 59.5 Å². The molecule has 4 rings (SSSR count). The predicted octanol–water partition coefficient (Wildman–Crippen LogP) is 2.19. The second-order valence-corrected chi connectivity index (χ2v) is 7.90. The lowest BCUT2D eigenvalue weighted by atomic mass is 10.2. The number of nitrogens with one attached hydrogen (secondary N) is 1. The standard InChI is InChI=1S/C24H25FN4O5/c1-33-22-15-29(16-23(31)26-19-6-3-2-5-18(19)25)17(13-20(22)30)14-27-8-10-28(11-9-27)24(32)21-7-4-12-34-21/h2-7,12-13,15H,8-11,14,16H2,1H3,(H,26,31). The number of carbonyl (C=O) groups is 2. The van der Waals surface area contributed by atoms with Gasteiger partial charge in [0.1, 0.15) is 12.4 Å². The lowest BCUT2D eigenvalue weighted by molar-refractivity contribution is -0.116. The SMILES string of the molecule is COc1cn(CC(=O)Nc2ccccc2F)c(CN2CCN(C(=O)c3ccco3)CC2)cc1=O. The largest absolute Gasteiger partial charge is 0.491 e. The molecule has 1 aromatic carbocycles. The van der Waals surface area contributed by atoms with Crippen molar-refractivity contribution >= 4 is 17.5 Å². The Morgan fingerprint density at radius 2 is 1.88 bits per heavy atom. The van der Waals surface area contributed by atoms with Gasteiger partial charge in [-0.25, -0.2) is 4.39 Å². The number of ether oxygens (including phenoxy) is 1. The highest BCUT2D eigenvalue weighted by Gasteiger charge is 2.24. The molecule has 0 aliphatic carbocycles. The van der Waals surface area contributed by atoms with E-state index in [1.54, 1.807) is 27.7 Å². The fraction of sp³-hybridized carbons (Fsp3) is 0.292. The van der Waals surface area contributed by atoms with Gasteiger partial charge in [0, 0.05) is 44.5 Å². The van der Waals surface area contributed by atoms with Gasteiger partial charge in [0.05, 0.1) is 25.3 Å². The number of nitrogens with zero attached hydrogens (tertiary/aromatic N) is 3. The first-order chi connectivity index (χ1) is 16.4. The van der Waals surface area contributed by atoms with Gasteiger partial charge >= 0.3 is 0 Å². The molecule has 0 unspecified atom stereocenters. The molecular formula is C24H25FN4O5. The molecule has 1 fully saturated rings. The molecule has 0 radical (unpaired) electrons. The Bertz CT molecular complexity index is 1220. The summed E-state index contributed by atoms with van der Waals surface area (Å²) in [4.78, 5) is 41.3. The van der Waals surface area contributed by atoms with Crippen molar-refractivity contribution in [1.29, 1.82) is 0 Å². The van der Waals surface area contributed by atoms with E-state index in [4.69, 9.17) is 9.15 Å². The lowest BCUT2D eigenvalue weighted by Crippen LogP contribution is -2.48. The Kier molecular flexibility index (Phi) is 7.07. The summed E-state index contributed by atoms with van der Waals surface area (Å²) in [7, 11) is 1.38. The number of hydrogen-bond acceptors (Lipinski definition) is 6. The summed E-state index contributed by atoms with van der Waals surface area (Å²) in [5.74, 6) is -0.716. The molecule has 3 heterocycles. The summed E-state index contributed by atoms with van der Waals surface area (Å²) in [6.07, 6.45) is 2.95. The monoisotopic (exact) mass is 468 g/mol. The number of amides is 2. The zero-order valence-electron chi connectivity index (χ0n) is 18.7. The van der Waals surface area contributed by atoms with Gasteiger partial charge in [0.25, 0.3) is 5.91 Å². The molecule has 0 atom stereocenters. The van der Waals surface area contributed by atoms with E-state index in [9.17, 15) is 18.8 Å². The van der Waals surface area contributed by atoms with Gasteiger partial charge in [-0.15, -0.1) is 0 Å². The number of rotatable bonds is 7. The number of halogens is 1. The zero-order chi connectivity index (χ0) is 24.1. The van der Waals surface area contributed by atoms with Crippen LogP contribution < -0.4 is 15.5 Å². The van der Waals surface area contributed by atoms with Crippen LogP contribution >= 0.6 is 0 Å². The summed E-state index contributed by atoms with van der Waals surface area (Å²) in [6, 6.07) is 10.7. The van der Waals surface area contributed by atoms with Crippen LogP contribution in [0.4, 0.5) is 10.1 Å². The van der Waals surface area contributed by atoms with E-state index in [0.29, 0.717) is 44.2 Å². The molecule has 0 saturated carbocycles. The summed E-state index contributed by atoms with van der Waals surface area (Å²) >= 11 is 0. The number of furan rings is 1. The van der Waals surface area contributed by atoms with Gasteiger partial charge in [-0.3, -0.25) is 19.3 Å². The first kappa shape index (κ1) is 23.2. The number of pyridine rings is 1. The number of methoxy groups -OCH3 is 1. The molecule has 1 saturated heterocycles. The van der Waals surface area contributed by atoms with Crippen molar-refractivity contribution in [2.24, 2.45) is 0 Å². The Morgan fingerprint density at radius 3 is 2.56 bits per heavy atom. The molecule has 1 N–H and O–H groups in total. The van der Waals surface area contributed by atoms with E-state index in [0.717, 1.165) is 0 Å². The number of aromatic nitrogens is 1. The highest BCUT2D eigenvalue weighted by molar-refractivity contribution is 5.91. The topological polar surface area (TPSA) is 97.0 Å². The summed E-state index contributed by atoms with van der Waals surface area (Å²) in [5, 5.41) is 2.55. The van der Waals surface area contributed by atoms with Crippen LogP contribution in [0.3, 0.4) is 0 Å². The van der Waals surface area contributed by atoms with Crippen LogP contribution in [0.5, 0.6) is 5.75 Å². The summed E-state index contributed by atoms with van der Waals surface area (Å²) in [5.41, 5.74) is 0.398. The number of benzene rings is 1. The van der Waals surface area contributed by atoms with Crippen LogP contribution in [0.2, 0.25) is 0 Å². The highest BCUT2D eigenvalue weighted by atomic mass is 19.1. The van der Waals surface area contributed by atoms with E-state index < -0.39 is 11.7 Å². The van der Waals surface area contributed by atoms with Crippen molar-refractivity contribution in [2.75, 3.05) is 38.6 Å². The Morgan fingerprint density at radius 1 is 1.12 bits per heavy atom. The van der Waals surface area contributed by atoms with Crippen LogP contribution in [-0.2, 0) is 17.9 Å². The van der Waals surface area contributed by atoms with Crippen molar-refractivity contribution in [3.63, 3.8) is 0 Å². The Balaban J connectivity index is 1.44. The maximum Gasteiger partial charge on any atom is 0.289 e. The Hall–Kier alpha value is -3.92. The molecule has 0 spiro atoms. The van der Waals surface area contributed by atoms with E-state index in [1.165, 1.54) is 43.8 Å². The maximum absolute atomic E-state index is 13.9. The molecule has 1 aliphatic rings. The average Bonchev–Trinajstić information content (AvgIpc) is 3.37. The molecule has 2 aromatic heterocycles. The molecule has 2 amide bonds. The molecule has 0 bridgehead atoms. The van der Waals surface area contributed by atoms with Crippen LogP contribution in [0, 0.1) is 5.82 Å². The highest BCUT2D eigenvalue weighted by Crippen LogP contribution is 2.15. The van der Waals surface area contributed by atoms with Gasteiger partial charge in [-0.05, 0) is 24.3 Å². The lowest BCUT2D eigenvalue weighted by Gasteiger charge is -2.34. The molecule has 3 aromatic rings. The quantitative estimate of drug-likeness (QED) is 0.571. The number of piperazine rings is 1. The van der Waals surface area contributed by atoms with Gasteiger partial charge in [0.2, 0.25) is 11.3 Å². The minimum Gasteiger partial charge on any atom is -0.491 e. The second-order valence-electron chi connectivity index (χ2n) is 7.90. The zero-order valence-corrected chi connectivity index (χ0v) is 18.7. The van der Waals surface area contributed by atoms with Gasteiger partial charge in [-0.2, -0.15) is 0 Å². The summed E-state index contributed by atoms with van der Waals surface area (Å²) in [6.45, 7) is 2.47. The number of hydrogen-bond donors (Lipinski definition) is 1. The molecule has 10 heteroatoms. The van der Waals surface area contributed by atoms with Crippen molar-refractivity contribution in [3.8, 4) is 5.75 Å². The van der Waals surface area contributed by atoms with Crippen molar-refractivity contribution in [1.82, 2.24) is 14.4 Å². The predicted molar refractivity (Wildman–Crippen MR) is 122 cm³/mol. The minimum absolute atomic E-state index is 0.0828. The van der Waals surface area contributed by atoms with Gasteiger partial charge < -0.3 is 23.9 Å². The van der Waals surface area contributed by atoms with Crippen LogP contribution in [0.1, 0.15) is 16.2 Å². The number of anilines is 1. The van der Waals surface area contributed by atoms with Crippen molar-refractivity contribution in [3.05, 3.63) is 82.4 Å². The van der Waals surface area contributed by atoms with E-state index >= 15 is 0 Å². The van der Waals surface area contributed by atoms with Crippen molar-refractivity contribution in [2.45, 2.75) is 13.1 Å². The second kappa shape index (κ2) is 10.3. The smallest absolute Gasteiger partial charge is 0.289 e.